The van der Waals surface area contributed by atoms with Crippen LogP contribution in [0.3, 0.4) is 0 Å². The molecular weight excluding hydrogens is 336 g/mol. The average Bonchev–Trinajstić information content (AvgIpc) is 3.07. The molecule has 0 saturated carbocycles. The number of aromatic nitrogens is 3. The number of benzene rings is 1. The van der Waals surface area contributed by atoms with Crippen LogP contribution >= 0.6 is 11.6 Å². The molecule has 128 valence electrons. The third-order valence-corrected chi connectivity index (χ3v) is 4.06. The quantitative estimate of drug-likeness (QED) is 0.735. The van der Waals surface area contributed by atoms with Gasteiger partial charge in [-0.15, -0.1) is 0 Å². The van der Waals surface area contributed by atoms with Gasteiger partial charge >= 0.3 is 0 Å². The third kappa shape index (κ3) is 4.25. The van der Waals surface area contributed by atoms with Gasteiger partial charge in [0.15, 0.2) is 0 Å². The topological polar surface area (TPSA) is 59.8 Å². The van der Waals surface area contributed by atoms with E-state index in [1.165, 1.54) is 0 Å². The van der Waals surface area contributed by atoms with Gasteiger partial charge in [0, 0.05) is 42.0 Å². The van der Waals surface area contributed by atoms with Crippen LogP contribution in [0.1, 0.15) is 23.1 Å². The van der Waals surface area contributed by atoms with Crippen molar-refractivity contribution in [2.75, 3.05) is 6.54 Å². The van der Waals surface area contributed by atoms with Crippen molar-refractivity contribution in [3.63, 3.8) is 0 Å². The Bertz CT molecular complexity index is 861. The number of halogens is 1. The van der Waals surface area contributed by atoms with Crippen molar-refractivity contribution in [1.29, 1.82) is 0 Å². The van der Waals surface area contributed by atoms with Crippen LogP contribution in [0, 0.1) is 0 Å². The fourth-order valence-corrected chi connectivity index (χ4v) is 2.76. The molecule has 3 rings (SSSR count). The van der Waals surface area contributed by atoms with Gasteiger partial charge in [-0.3, -0.25) is 14.5 Å². The highest BCUT2D eigenvalue weighted by atomic mass is 35.5. The first-order valence-electron chi connectivity index (χ1n) is 8.19. The number of carbonyl (C=O) groups is 1. The summed E-state index contributed by atoms with van der Waals surface area (Å²) in [5, 5.41) is 8.09. The van der Waals surface area contributed by atoms with Crippen LogP contribution in [0.2, 0.25) is 5.02 Å². The first-order valence-corrected chi connectivity index (χ1v) is 8.57. The number of nitrogens with zero attached hydrogens (tertiary/aromatic N) is 3. The molecule has 0 aliphatic carbocycles. The van der Waals surface area contributed by atoms with Crippen LogP contribution in [0.25, 0.3) is 11.3 Å². The summed E-state index contributed by atoms with van der Waals surface area (Å²) in [6, 6.07) is 15.0. The highest BCUT2D eigenvalue weighted by molar-refractivity contribution is 6.30. The number of amides is 1. The van der Waals surface area contributed by atoms with Crippen LogP contribution in [-0.4, -0.2) is 27.2 Å². The molecule has 0 bridgehead atoms. The van der Waals surface area contributed by atoms with E-state index >= 15 is 0 Å². The molecule has 6 heteroatoms. The molecule has 0 fully saturated rings. The van der Waals surface area contributed by atoms with E-state index in [9.17, 15) is 4.79 Å². The predicted octanol–water partition coefficient (Wildman–Crippen LogP) is 3.59. The van der Waals surface area contributed by atoms with Gasteiger partial charge in [-0.05, 0) is 37.3 Å². The maximum absolute atomic E-state index is 12.5. The monoisotopic (exact) mass is 354 g/mol. The zero-order valence-electron chi connectivity index (χ0n) is 13.9. The molecule has 2 heterocycles. The lowest BCUT2D eigenvalue weighted by atomic mass is 10.1. The number of carbonyl (C=O) groups excluding carboxylic acids is 1. The van der Waals surface area contributed by atoms with Crippen molar-refractivity contribution >= 4 is 17.5 Å². The summed E-state index contributed by atoms with van der Waals surface area (Å²) in [6.45, 7) is 3.10. The molecular formula is C19H19ClN4O. The zero-order chi connectivity index (χ0) is 17.6. The second-order valence-electron chi connectivity index (χ2n) is 5.57. The van der Waals surface area contributed by atoms with Crippen LogP contribution in [0.15, 0.2) is 54.7 Å². The molecule has 1 aromatic carbocycles. The molecule has 25 heavy (non-hydrogen) atoms. The molecule has 0 atom stereocenters. The van der Waals surface area contributed by atoms with Gasteiger partial charge in [-0.1, -0.05) is 29.8 Å². The number of nitrogens with one attached hydrogen (secondary N) is 1. The first-order chi connectivity index (χ1) is 12.2. The Morgan fingerprint density at radius 3 is 2.80 bits per heavy atom. The molecule has 0 spiro atoms. The normalized spacial score (nSPS) is 10.6. The highest BCUT2D eigenvalue weighted by Crippen LogP contribution is 2.22. The summed E-state index contributed by atoms with van der Waals surface area (Å²) in [6.07, 6.45) is 2.44. The lowest BCUT2D eigenvalue weighted by Crippen LogP contribution is -2.28. The lowest BCUT2D eigenvalue weighted by molar-refractivity contribution is 0.0943. The van der Waals surface area contributed by atoms with Gasteiger partial charge in [-0.2, -0.15) is 5.10 Å². The molecule has 0 aliphatic rings. The molecule has 0 unspecified atom stereocenters. The maximum atomic E-state index is 12.5. The van der Waals surface area contributed by atoms with E-state index in [2.05, 4.69) is 15.4 Å². The van der Waals surface area contributed by atoms with E-state index in [1.54, 1.807) is 16.9 Å². The van der Waals surface area contributed by atoms with Crippen LogP contribution < -0.4 is 5.32 Å². The Balaban J connectivity index is 1.71. The SMILES string of the molecule is CCn1nc(-c2cccc(Cl)c2)cc1C(=O)NCCc1ccccn1. The Morgan fingerprint density at radius 1 is 1.20 bits per heavy atom. The van der Waals surface area contributed by atoms with Crippen LogP contribution in [-0.2, 0) is 13.0 Å². The van der Waals surface area contributed by atoms with E-state index in [4.69, 9.17) is 11.6 Å². The van der Waals surface area contributed by atoms with Crippen molar-refractivity contribution in [2.24, 2.45) is 0 Å². The van der Waals surface area contributed by atoms with Gasteiger partial charge in [0.1, 0.15) is 5.69 Å². The Kier molecular flexibility index (Phi) is 5.46. The van der Waals surface area contributed by atoms with E-state index < -0.39 is 0 Å². The van der Waals surface area contributed by atoms with Crippen molar-refractivity contribution in [1.82, 2.24) is 20.1 Å². The third-order valence-electron chi connectivity index (χ3n) is 3.83. The van der Waals surface area contributed by atoms with E-state index in [1.807, 2.05) is 49.4 Å². The van der Waals surface area contributed by atoms with E-state index in [0.29, 0.717) is 30.2 Å². The van der Waals surface area contributed by atoms with Gasteiger partial charge in [0.2, 0.25) is 0 Å². The summed E-state index contributed by atoms with van der Waals surface area (Å²) in [5.41, 5.74) is 3.12. The molecule has 2 aromatic heterocycles. The smallest absolute Gasteiger partial charge is 0.269 e. The molecule has 3 aromatic rings. The first kappa shape index (κ1) is 17.2. The molecule has 5 nitrogen and oxygen atoms in total. The van der Waals surface area contributed by atoms with Crippen LogP contribution in [0.5, 0.6) is 0 Å². The van der Waals surface area contributed by atoms with E-state index in [0.717, 1.165) is 17.0 Å². The minimum Gasteiger partial charge on any atom is -0.350 e. The fraction of sp³-hybridized carbons (Fsp3) is 0.211. The molecule has 0 radical (unpaired) electrons. The minimum absolute atomic E-state index is 0.140. The molecule has 1 amide bonds. The van der Waals surface area contributed by atoms with Crippen molar-refractivity contribution in [2.45, 2.75) is 19.9 Å². The summed E-state index contributed by atoms with van der Waals surface area (Å²) >= 11 is 6.04. The molecule has 0 saturated heterocycles. The van der Waals surface area contributed by atoms with Crippen molar-refractivity contribution < 1.29 is 4.79 Å². The zero-order valence-corrected chi connectivity index (χ0v) is 14.7. The second kappa shape index (κ2) is 7.94. The summed E-state index contributed by atoms with van der Waals surface area (Å²) in [7, 11) is 0. The average molecular weight is 355 g/mol. The van der Waals surface area contributed by atoms with Crippen LogP contribution in [0.4, 0.5) is 0 Å². The van der Waals surface area contributed by atoms with Crippen molar-refractivity contribution in [3.8, 4) is 11.3 Å². The Labute approximate surface area is 151 Å². The van der Waals surface area contributed by atoms with Crippen molar-refractivity contribution in [3.05, 3.63) is 71.1 Å². The van der Waals surface area contributed by atoms with Gasteiger partial charge in [-0.25, -0.2) is 0 Å². The number of hydrogen-bond acceptors (Lipinski definition) is 3. The minimum atomic E-state index is -0.140. The van der Waals surface area contributed by atoms with Gasteiger partial charge < -0.3 is 5.32 Å². The fourth-order valence-electron chi connectivity index (χ4n) is 2.57. The number of rotatable bonds is 6. The predicted molar refractivity (Wildman–Crippen MR) is 98.6 cm³/mol. The van der Waals surface area contributed by atoms with E-state index in [-0.39, 0.29) is 5.91 Å². The second-order valence-corrected chi connectivity index (χ2v) is 6.00. The standard InChI is InChI=1S/C19H19ClN4O/c1-2-24-18(13-17(23-24)14-6-5-7-15(20)12-14)19(25)22-11-9-16-8-3-4-10-21-16/h3-8,10,12-13H,2,9,11H2,1H3,(H,22,25). The number of hydrogen-bond donors (Lipinski definition) is 1. The Hall–Kier alpha value is -2.66. The lowest BCUT2D eigenvalue weighted by Gasteiger charge is -2.06. The maximum Gasteiger partial charge on any atom is 0.269 e. The Morgan fingerprint density at radius 2 is 2.08 bits per heavy atom. The summed E-state index contributed by atoms with van der Waals surface area (Å²) < 4.78 is 1.70. The molecule has 0 aliphatic heterocycles. The summed E-state index contributed by atoms with van der Waals surface area (Å²) in [5.74, 6) is -0.140. The summed E-state index contributed by atoms with van der Waals surface area (Å²) in [4.78, 5) is 16.8. The highest BCUT2D eigenvalue weighted by Gasteiger charge is 2.15. The largest absolute Gasteiger partial charge is 0.350 e. The number of aryl methyl sites for hydroxylation is 1. The van der Waals surface area contributed by atoms with Gasteiger partial charge in [0.25, 0.3) is 5.91 Å². The molecule has 1 N–H and O–H groups in total. The number of pyridine rings is 1. The van der Waals surface area contributed by atoms with Gasteiger partial charge in [0.05, 0.1) is 5.69 Å².